The lowest BCUT2D eigenvalue weighted by Gasteiger charge is -2.46. The van der Waals surface area contributed by atoms with Crippen LogP contribution in [-0.2, 0) is 10.0 Å². The van der Waals surface area contributed by atoms with Crippen molar-refractivity contribution in [2.45, 2.75) is 17.4 Å². The zero-order valence-corrected chi connectivity index (χ0v) is 11.1. The van der Waals surface area contributed by atoms with E-state index in [1.807, 2.05) is 0 Å². The molecule has 0 spiro atoms. The second-order valence-electron chi connectivity index (χ2n) is 4.87. The molecule has 0 radical (unpaired) electrons. The Kier molecular flexibility index (Phi) is 3.15. The van der Waals surface area contributed by atoms with Gasteiger partial charge in [0.25, 0.3) is 0 Å². The molecule has 7 nitrogen and oxygen atoms in total. The number of sulfonamides is 1. The summed E-state index contributed by atoms with van der Waals surface area (Å²) in [6, 6.07) is 5.83. The van der Waals surface area contributed by atoms with Crippen LogP contribution in [0, 0.1) is 0 Å². The van der Waals surface area contributed by atoms with Gasteiger partial charge >= 0.3 is 6.09 Å². The average molecular weight is 285 g/mol. The molecule has 1 saturated heterocycles. The molecular formula is C11H15N3O4S. The number of rotatable bonds is 3. The zero-order valence-electron chi connectivity index (χ0n) is 10.3. The molecule has 0 bridgehead atoms. The first-order valence-corrected chi connectivity index (χ1v) is 7.08. The van der Waals surface area contributed by atoms with Gasteiger partial charge < -0.3 is 15.7 Å². The van der Waals surface area contributed by atoms with Gasteiger partial charge in [-0.05, 0) is 31.2 Å². The SMILES string of the molecule is CC1(NS(=O)(=O)c2ccc(N)cc2)CN(C(=O)O)C1. The van der Waals surface area contributed by atoms with Gasteiger partial charge in [-0.15, -0.1) is 0 Å². The predicted octanol–water partition coefficient (Wildman–Crippen LogP) is 0.299. The van der Waals surface area contributed by atoms with Crippen LogP contribution >= 0.6 is 0 Å². The highest BCUT2D eigenvalue weighted by atomic mass is 32.2. The van der Waals surface area contributed by atoms with Crippen LogP contribution < -0.4 is 10.5 Å². The second-order valence-corrected chi connectivity index (χ2v) is 6.56. The van der Waals surface area contributed by atoms with Crippen molar-refractivity contribution in [3.8, 4) is 0 Å². The first-order chi connectivity index (χ1) is 8.72. The lowest BCUT2D eigenvalue weighted by molar-refractivity contribution is 0.0641. The van der Waals surface area contributed by atoms with Gasteiger partial charge in [-0.2, -0.15) is 0 Å². The van der Waals surface area contributed by atoms with Crippen molar-refractivity contribution in [3.63, 3.8) is 0 Å². The number of benzene rings is 1. The van der Waals surface area contributed by atoms with Crippen molar-refractivity contribution in [3.05, 3.63) is 24.3 Å². The highest BCUT2D eigenvalue weighted by Crippen LogP contribution is 2.23. The van der Waals surface area contributed by atoms with Crippen LogP contribution in [0.5, 0.6) is 0 Å². The third-order valence-corrected chi connectivity index (χ3v) is 4.58. The number of nitrogens with zero attached hydrogens (tertiary/aromatic N) is 1. The summed E-state index contributed by atoms with van der Waals surface area (Å²) in [6.07, 6.45) is -1.05. The minimum absolute atomic E-state index is 0.108. The predicted molar refractivity (Wildman–Crippen MR) is 69.2 cm³/mol. The van der Waals surface area contributed by atoms with E-state index in [0.717, 1.165) is 4.90 Å². The van der Waals surface area contributed by atoms with Gasteiger partial charge in [0.1, 0.15) is 0 Å². The van der Waals surface area contributed by atoms with Crippen LogP contribution in [0.3, 0.4) is 0 Å². The molecule has 1 aliphatic heterocycles. The minimum atomic E-state index is -3.67. The number of likely N-dealkylation sites (tertiary alicyclic amines) is 1. The van der Waals surface area contributed by atoms with Crippen molar-refractivity contribution in [1.82, 2.24) is 9.62 Å². The summed E-state index contributed by atoms with van der Waals surface area (Å²) in [5.41, 5.74) is 5.21. The Balaban J connectivity index is 2.11. The monoisotopic (exact) mass is 285 g/mol. The Hall–Kier alpha value is -1.80. The topological polar surface area (TPSA) is 113 Å². The smallest absolute Gasteiger partial charge is 0.407 e. The number of nitrogens with one attached hydrogen (secondary N) is 1. The van der Waals surface area contributed by atoms with Gasteiger partial charge in [-0.25, -0.2) is 17.9 Å². The molecule has 19 heavy (non-hydrogen) atoms. The molecule has 0 saturated carbocycles. The van der Waals surface area contributed by atoms with Crippen molar-refractivity contribution in [1.29, 1.82) is 0 Å². The molecule has 8 heteroatoms. The molecule has 1 aromatic carbocycles. The fourth-order valence-electron chi connectivity index (χ4n) is 2.03. The lowest BCUT2D eigenvalue weighted by atomic mass is 9.95. The average Bonchev–Trinajstić information content (AvgIpc) is 2.25. The van der Waals surface area contributed by atoms with Gasteiger partial charge in [0.2, 0.25) is 10.0 Å². The van der Waals surface area contributed by atoms with Crippen LogP contribution in [0.1, 0.15) is 6.92 Å². The molecule has 1 fully saturated rings. The van der Waals surface area contributed by atoms with E-state index in [0.29, 0.717) is 5.69 Å². The Morgan fingerprint density at radius 3 is 2.37 bits per heavy atom. The highest BCUT2D eigenvalue weighted by molar-refractivity contribution is 7.89. The van der Waals surface area contributed by atoms with Gasteiger partial charge in [0.15, 0.2) is 0 Å². The van der Waals surface area contributed by atoms with E-state index >= 15 is 0 Å². The van der Waals surface area contributed by atoms with Crippen LogP contribution in [0.4, 0.5) is 10.5 Å². The molecule has 4 N–H and O–H groups in total. The third kappa shape index (κ3) is 2.79. The third-order valence-electron chi connectivity index (χ3n) is 2.92. The Bertz CT molecular complexity index is 591. The number of nitrogens with two attached hydrogens (primary N) is 1. The fraction of sp³-hybridized carbons (Fsp3) is 0.364. The minimum Gasteiger partial charge on any atom is -0.465 e. The summed E-state index contributed by atoms with van der Waals surface area (Å²) in [4.78, 5) is 11.9. The Morgan fingerprint density at radius 1 is 1.37 bits per heavy atom. The molecule has 0 aliphatic carbocycles. The van der Waals surface area contributed by atoms with Gasteiger partial charge in [-0.3, -0.25) is 0 Å². The molecule has 0 unspecified atom stereocenters. The highest BCUT2D eigenvalue weighted by Gasteiger charge is 2.44. The van der Waals surface area contributed by atoms with Gasteiger partial charge in [0, 0.05) is 18.8 Å². The standard InChI is InChI=1S/C11H15N3O4S/c1-11(6-14(7-11)10(15)16)13-19(17,18)9-4-2-8(12)3-5-9/h2-5,13H,6-7,12H2,1H3,(H,15,16). The second kappa shape index (κ2) is 4.39. The number of nitrogen functional groups attached to an aromatic ring is 1. The van der Waals surface area contributed by atoms with E-state index in [2.05, 4.69) is 4.72 Å². The normalized spacial score (nSPS) is 17.8. The van der Waals surface area contributed by atoms with Crippen molar-refractivity contribution < 1.29 is 18.3 Å². The molecule has 1 aromatic rings. The van der Waals surface area contributed by atoms with Gasteiger partial charge in [-0.1, -0.05) is 0 Å². The van der Waals surface area contributed by atoms with Crippen molar-refractivity contribution in [2.24, 2.45) is 0 Å². The summed E-state index contributed by atoms with van der Waals surface area (Å²) in [5.74, 6) is 0. The first-order valence-electron chi connectivity index (χ1n) is 5.59. The largest absolute Gasteiger partial charge is 0.465 e. The van der Waals surface area contributed by atoms with E-state index in [-0.39, 0.29) is 18.0 Å². The molecule has 0 aromatic heterocycles. The van der Waals surface area contributed by atoms with E-state index in [4.69, 9.17) is 10.8 Å². The molecule has 0 atom stereocenters. The van der Waals surface area contributed by atoms with E-state index < -0.39 is 21.7 Å². The zero-order chi connectivity index (χ0) is 14.3. The molecule has 1 heterocycles. The maximum Gasteiger partial charge on any atom is 0.407 e. The summed E-state index contributed by atoms with van der Waals surface area (Å²) in [7, 11) is -3.67. The number of carbonyl (C=O) groups is 1. The lowest BCUT2D eigenvalue weighted by Crippen LogP contribution is -2.69. The first kappa shape index (κ1) is 13.6. The number of hydrogen-bond acceptors (Lipinski definition) is 4. The Labute approximate surface area is 111 Å². The number of hydrogen-bond donors (Lipinski definition) is 3. The number of anilines is 1. The molecular weight excluding hydrogens is 270 g/mol. The van der Waals surface area contributed by atoms with Crippen LogP contribution in [0.15, 0.2) is 29.2 Å². The molecule has 1 amide bonds. The molecule has 104 valence electrons. The summed E-state index contributed by atoms with van der Waals surface area (Å²) in [5, 5.41) is 8.75. The van der Waals surface area contributed by atoms with E-state index in [1.54, 1.807) is 6.92 Å². The summed E-state index contributed by atoms with van der Waals surface area (Å²) < 4.78 is 26.7. The van der Waals surface area contributed by atoms with Crippen LogP contribution in [0.25, 0.3) is 0 Å². The van der Waals surface area contributed by atoms with E-state index in [9.17, 15) is 13.2 Å². The Morgan fingerprint density at radius 2 is 1.89 bits per heavy atom. The van der Waals surface area contributed by atoms with Crippen molar-refractivity contribution >= 4 is 21.8 Å². The van der Waals surface area contributed by atoms with Crippen LogP contribution in [0.2, 0.25) is 0 Å². The molecule has 2 rings (SSSR count). The number of carboxylic acid groups (broad SMARTS) is 1. The maximum absolute atomic E-state index is 12.1. The molecule has 1 aliphatic rings. The summed E-state index contributed by atoms with van der Waals surface area (Å²) in [6.45, 7) is 1.94. The summed E-state index contributed by atoms with van der Waals surface area (Å²) >= 11 is 0. The quantitative estimate of drug-likeness (QED) is 0.691. The van der Waals surface area contributed by atoms with Crippen molar-refractivity contribution in [2.75, 3.05) is 18.8 Å². The maximum atomic E-state index is 12.1. The van der Waals surface area contributed by atoms with Crippen LogP contribution in [-0.4, -0.2) is 43.1 Å². The fourth-order valence-corrected chi connectivity index (χ4v) is 3.42. The van der Waals surface area contributed by atoms with E-state index in [1.165, 1.54) is 24.3 Å². The number of amides is 1. The van der Waals surface area contributed by atoms with Gasteiger partial charge in [0.05, 0.1) is 10.4 Å².